The van der Waals surface area contributed by atoms with Crippen LogP contribution in [0.25, 0.3) is 11.1 Å². The predicted molar refractivity (Wildman–Crippen MR) is 177 cm³/mol. The summed E-state index contributed by atoms with van der Waals surface area (Å²) in [6.45, 7) is 0. The summed E-state index contributed by atoms with van der Waals surface area (Å²) in [4.78, 5) is 10.7. The molecule has 0 fully saturated rings. The summed E-state index contributed by atoms with van der Waals surface area (Å²) in [6, 6.07) is 26.2. The van der Waals surface area contributed by atoms with Crippen molar-refractivity contribution in [3.8, 4) is 0 Å². The first kappa shape index (κ1) is 28.4. The molecule has 0 N–H and O–H groups in total. The van der Waals surface area contributed by atoms with Gasteiger partial charge >= 0.3 is 0 Å². The number of hydrogen-bond donors (Lipinski definition) is 0. The van der Waals surface area contributed by atoms with E-state index in [0.717, 1.165) is 16.9 Å². The molecule has 0 bridgehead atoms. The molecule has 4 heteroatoms. The number of nitrogens with zero attached hydrogens (tertiary/aromatic N) is 4. The average Bonchev–Trinajstić information content (AvgIpc) is 2.97. The summed E-state index contributed by atoms with van der Waals surface area (Å²) in [7, 11) is 14.2. The van der Waals surface area contributed by atoms with E-state index in [2.05, 4.69) is 177 Å². The first-order chi connectivity index (χ1) is 19.3. The first-order valence-corrected chi connectivity index (χ1v) is 13.6. The Balaban J connectivity index is 1.79. The maximum Gasteiger partial charge on any atom is 0.0571 e. The van der Waals surface area contributed by atoms with Crippen LogP contribution in [0.5, 0.6) is 0 Å². The summed E-state index contributed by atoms with van der Waals surface area (Å²) >= 11 is 0. The second-order valence-electron chi connectivity index (χ2n) is 10.4. The molecule has 4 rings (SSSR count). The van der Waals surface area contributed by atoms with Crippen molar-refractivity contribution in [3.05, 3.63) is 138 Å². The molecule has 0 aliphatic heterocycles. The molecule has 0 atom stereocenters. The molecule has 3 aromatic rings. The lowest BCUT2D eigenvalue weighted by molar-refractivity contribution is 1.13. The number of aliphatic imine (C=N–C) groups is 1. The zero-order valence-electron chi connectivity index (χ0n) is 24.8. The SMILES string of the molecule is CN=C1C=CC(=C(C=CC=C(c2ccc(N(C)C)cc2)c2ccc(N(C)C)cc2)c2ccc(N(C)C)cc2)C=C1. The number of rotatable bonds is 8. The van der Waals surface area contributed by atoms with Crippen LogP contribution in [-0.2, 0) is 0 Å². The van der Waals surface area contributed by atoms with Gasteiger partial charge in [-0.1, -0.05) is 66.8 Å². The summed E-state index contributed by atoms with van der Waals surface area (Å²) in [5.41, 5.74) is 11.5. The normalized spacial score (nSPS) is 12.5. The van der Waals surface area contributed by atoms with Crippen LogP contribution in [0.4, 0.5) is 17.1 Å². The van der Waals surface area contributed by atoms with E-state index in [1.165, 1.54) is 39.3 Å². The van der Waals surface area contributed by atoms with E-state index in [-0.39, 0.29) is 0 Å². The van der Waals surface area contributed by atoms with E-state index in [1.807, 2.05) is 7.05 Å². The zero-order valence-corrected chi connectivity index (χ0v) is 24.8. The third kappa shape index (κ3) is 6.89. The van der Waals surface area contributed by atoms with Gasteiger partial charge in [0.25, 0.3) is 0 Å². The van der Waals surface area contributed by atoms with E-state index in [1.54, 1.807) is 0 Å². The standard InChI is InChI=1S/C36H40N4/c1-37-31-19-11-27(12-20-31)35(28-13-21-32(22-14-28)38(2)3)9-8-10-36(29-15-23-33(24-16-29)39(4)5)30-17-25-34(26-18-30)40(6)7/h8-26H,1-7H3. The van der Waals surface area contributed by atoms with E-state index in [4.69, 9.17) is 0 Å². The van der Waals surface area contributed by atoms with Gasteiger partial charge in [0, 0.05) is 66.4 Å². The van der Waals surface area contributed by atoms with Gasteiger partial charge in [-0.25, -0.2) is 0 Å². The summed E-state index contributed by atoms with van der Waals surface area (Å²) in [5.74, 6) is 0. The maximum atomic E-state index is 4.31. The van der Waals surface area contributed by atoms with Gasteiger partial charge in [-0.2, -0.15) is 0 Å². The zero-order chi connectivity index (χ0) is 28.6. The highest BCUT2D eigenvalue weighted by Crippen LogP contribution is 2.29. The van der Waals surface area contributed by atoms with Crippen molar-refractivity contribution in [2.75, 3.05) is 64.0 Å². The fourth-order valence-corrected chi connectivity index (χ4v) is 4.57. The monoisotopic (exact) mass is 528 g/mol. The molecule has 0 heterocycles. The molecule has 0 aromatic heterocycles. The van der Waals surface area contributed by atoms with Crippen LogP contribution >= 0.6 is 0 Å². The average molecular weight is 529 g/mol. The summed E-state index contributed by atoms with van der Waals surface area (Å²) in [5, 5.41) is 0. The van der Waals surface area contributed by atoms with Crippen molar-refractivity contribution in [2.45, 2.75) is 0 Å². The van der Waals surface area contributed by atoms with Gasteiger partial charge in [0.15, 0.2) is 0 Å². The topological polar surface area (TPSA) is 22.1 Å². The van der Waals surface area contributed by atoms with Gasteiger partial charge in [0.2, 0.25) is 0 Å². The Morgan fingerprint density at radius 3 is 1.32 bits per heavy atom. The lowest BCUT2D eigenvalue weighted by Crippen LogP contribution is -2.08. The fourth-order valence-electron chi connectivity index (χ4n) is 4.57. The Morgan fingerprint density at radius 1 is 0.550 bits per heavy atom. The molecule has 0 unspecified atom stereocenters. The highest BCUT2D eigenvalue weighted by atomic mass is 15.1. The van der Waals surface area contributed by atoms with Crippen LogP contribution < -0.4 is 14.7 Å². The minimum Gasteiger partial charge on any atom is -0.378 e. The fraction of sp³-hybridized carbons (Fsp3) is 0.194. The van der Waals surface area contributed by atoms with Gasteiger partial charge < -0.3 is 14.7 Å². The molecule has 40 heavy (non-hydrogen) atoms. The van der Waals surface area contributed by atoms with E-state index >= 15 is 0 Å². The van der Waals surface area contributed by atoms with Crippen LogP contribution in [0, 0.1) is 0 Å². The van der Waals surface area contributed by atoms with Crippen molar-refractivity contribution in [3.63, 3.8) is 0 Å². The first-order valence-electron chi connectivity index (χ1n) is 13.6. The van der Waals surface area contributed by atoms with Crippen LogP contribution in [0.2, 0.25) is 0 Å². The van der Waals surface area contributed by atoms with E-state index in [0.29, 0.717) is 0 Å². The highest BCUT2D eigenvalue weighted by molar-refractivity contribution is 6.06. The van der Waals surface area contributed by atoms with E-state index in [9.17, 15) is 0 Å². The lowest BCUT2D eigenvalue weighted by atomic mass is 9.94. The molecule has 1 aliphatic rings. The number of anilines is 3. The second-order valence-corrected chi connectivity index (χ2v) is 10.4. The van der Waals surface area contributed by atoms with Crippen LogP contribution in [0.1, 0.15) is 16.7 Å². The van der Waals surface area contributed by atoms with Gasteiger partial charge in [-0.3, -0.25) is 4.99 Å². The van der Waals surface area contributed by atoms with Gasteiger partial charge in [0.05, 0.1) is 5.71 Å². The van der Waals surface area contributed by atoms with Crippen LogP contribution in [0.3, 0.4) is 0 Å². The van der Waals surface area contributed by atoms with Gasteiger partial charge in [0.1, 0.15) is 0 Å². The predicted octanol–water partition coefficient (Wildman–Crippen LogP) is 7.52. The minimum atomic E-state index is 0.972. The number of benzene rings is 3. The third-order valence-corrected chi connectivity index (χ3v) is 7.05. The smallest absolute Gasteiger partial charge is 0.0571 e. The quantitative estimate of drug-likeness (QED) is 0.282. The van der Waals surface area contributed by atoms with E-state index < -0.39 is 0 Å². The molecule has 204 valence electrons. The van der Waals surface area contributed by atoms with Crippen molar-refractivity contribution in [1.82, 2.24) is 0 Å². The molecular formula is C36H40N4. The van der Waals surface area contributed by atoms with Gasteiger partial charge in [-0.15, -0.1) is 0 Å². The Labute approximate surface area is 240 Å². The Kier molecular flexibility index (Phi) is 9.23. The molecule has 0 saturated heterocycles. The number of allylic oxidation sites excluding steroid dienone is 9. The molecule has 0 spiro atoms. The molecule has 0 radical (unpaired) electrons. The second kappa shape index (κ2) is 13.0. The highest BCUT2D eigenvalue weighted by Gasteiger charge is 2.09. The van der Waals surface area contributed by atoms with Crippen LogP contribution in [-0.4, -0.2) is 55.0 Å². The maximum absolute atomic E-state index is 4.31. The van der Waals surface area contributed by atoms with Crippen molar-refractivity contribution in [2.24, 2.45) is 4.99 Å². The summed E-state index contributed by atoms with van der Waals surface area (Å²) in [6.07, 6.45) is 15.0. The van der Waals surface area contributed by atoms with Gasteiger partial charge in [-0.05, 0) is 82.0 Å². The largest absolute Gasteiger partial charge is 0.378 e. The molecule has 4 nitrogen and oxygen atoms in total. The molecule has 3 aromatic carbocycles. The Bertz CT molecular complexity index is 1400. The lowest BCUT2D eigenvalue weighted by Gasteiger charge is -2.16. The Hall–Kier alpha value is -4.57. The molecular weight excluding hydrogens is 488 g/mol. The van der Waals surface area contributed by atoms with Crippen molar-refractivity contribution >= 4 is 33.9 Å². The van der Waals surface area contributed by atoms with Crippen molar-refractivity contribution in [1.29, 1.82) is 0 Å². The third-order valence-electron chi connectivity index (χ3n) is 7.05. The molecule has 0 saturated carbocycles. The summed E-state index contributed by atoms with van der Waals surface area (Å²) < 4.78 is 0. The number of hydrogen-bond acceptors (Lipinski definition) is 4. The molecule has 0 amide bonds. The van der Waals surface area contributed by atoms with Crippen LogP contribution in [0.15, 0.2) is 126 Å². The minimum absolute atomic E-state index is 0.972. The van der Waals surface area contributed by atoms with Crippen molar-refractivity contribution < 1.29 is 0 Å². The Morgan fingerprint density at radius 2 is 0.950 bits per heavy atom. The molecule has 1 aliphatic carbocycles.